The molecule has 9 heteroatoms. The van der Waals surface area contributed by atoms with Gasteiger partial charge in [0.2, 0.25) is 10.0 Å². The van der Waals surface area contributed by atoms with E-state index in [9.17, 15) is 12.8 Å². The van der Waals surface area contributed by atoms with Gasteiger partial charge in [0.05, 0.1) is 10.9 Å². The third-order valence-corrected chi connectivity index (χ3v) is 8.23. The summed E-state index contributed by atoms with van der Waals surface area (Å²) < 4.78 is 55.1. The molecule has 0 aliphatic carbocycles. The second kappa shape index (κ2) is 8.95. The number of hydrogen-bond donors (Lipinski definition) is 1. The lowest BCUT2D eigenvalue weighted by atomic mass is 10.1. The number of alkyl halides is 1. The number of hydrogen-bond acceptors (Lipinski definition) is 5. The van der Waals surface area contributed by atoms with Crippen molar-refractivity contribution in [2.75, 3.05) is 13.2 Å². The van der Waals surface area contributed by atoms with Crippen LogP contribution in [0.25, 0.3) is 10.1 Å². The lowest BCUT2D eigenvalue weighted by molar-refractivity contribution is 0.162. The van der Waals surface area contributed by atoms with Gasteiger partial charge in [-0.2, -0.15) is 4.72 Å². The molecule has 0 unspecified atom stereocenters. The monoisotopic (exact) mass is 503 g/mol. The van der Waals surface area contributed by atoms with Crippen LogP contribution in [0.2, 0.25) is 5.02 Å². The van der Waals surface area contributed by atoms with Gasteiger partial charge >= 0.3 is 0 Å². The van der Waals surface area contributed by atoms with E-state index in [2.05, 4.69) is 4.72 Å². The second-order valence-corrected chi connectivity index (χ2v) is 10.8. The van der Waals surface area contributed by atoms with E-state index in [4.69, 9.17) is 21.1 Å². The number of nitrogens with one attached hydrogen (secondary N) is 1. The molecule has 0 amide bonds. The maximum atomic E-state index is 13.6. The van der Waals surface area contributed by atoms with Gasteiger partial charge in [0.1, 0.15) is 13.2 Å². The Bertz CT molecular complexity index is 1390. The fourth-order valence-corrected chi connectivity index (χ4v) is 6.31. The minimum absolute atomic E-state index is 0.0136. The Hall–Kier alpha value is -2.65. The number of rotatable bonds is 5. The first kappa shape index (κ1) is 22.2. The zero-order valence-electron chi connectivity index (χ0n) is 17.2. The molecule has 2 atom stereocenters. The van der Waals surface area contributed by atoms with E-state index < -0.39 is 22.2 Å². The molecule has 5 rings (SSSR count). The number of fused-ring (bicyclic) bond motifs is 2. The third kappa shape index (κ3) is 4.56. The lowest BCUT2D eigenvalue weighted by Gasteiger charge is -2.20. The van der Waals surface area contributed by atoms with E-state index in [0.717, 1.165) is 15.0 Å². The van der Waals surface area contributed by atoms with Gasteiger partial charge in [0.25, 0.3) is 0 Å². The van der Waals surface area contributed by atoms with E-state index in [1.165, 1.54) is 29.5 Å². The molecule has 3 aromatic carbocycles. The highest BCUT2D eigenvalue weighted by atomic mass is 35.5. The van der Waals surface area contributed by atoms with E-state index in [0.29, 0.717) is 16.3 Å². The van der Waals surface area contributed by atoms with Crippen LogP contribution in [0.3, 0.4) is 0 Å². The first-order chi connectivity index (χ1) is 15.9. The van der Waals surface area contributed by atoms with Crippen LogP contribution in [-0.4, -0.2) is 27.8 Å². The van der Waals surface area contributed by atoms with E-state index >= 15 is 0 Å². The Morgan fingerprint density at radius 3 is 2.48 bits per heavy atom. The van der Waals surface area contributed by atoms with Gasteiger partial charge in [-0.05, 0) is 41.3 Å². The maximum absolute atomic E-state index is 13.6. The Kier molecular flexibility index (Phi) is 6.01. The van der Waals surface area contributed by atoms with Crippen LogP contribution in [0.5, 0.6) is 11.5 Å². The molecule has 1 N–H and O–H groups in total. The van der Waals surface area contributed by atoms with Crippen LogP contribution in [0, 0.1) is 0 Å². The first-order valence-corrected chi connectivity index (χ1v) is 12.9. The minimum atomic E-state index is -4.00. The highest BCUT2D eigenvalue weighted by molar-refractivity contribution is 7.89. The number of sulfonamides is 1. The summed E-state index contributed by atoms with van der Waals surface area (Å²) in [7, 11) is -4.00. The van der Waals surface area contributed by atoms with Crippen molar-refractivity contribution in [1.29, 1.82) is 0 Å². The summed E-state index contributed by atoms with van der Waals surface area (Å²) in [5.41, 5.74) is 0.643. The van der Waals surface area contributed by atoms with Crippen molar-refractivity contribution in [2.45, 2.75) is 17.1 Å². The van der Waals surface area contributed by atoms with Gasteiger partial charge in [-0.25, -0.2) is 12.8 Å². The summed E-state index contributed by atoms with van der Waals surface area (Å²) in [4.78, 5) is 0.794. The van der Waals surface area contributed by atoms with Crippen molar-refractivity contribution in [1.82, 2.24) is 4.72 Å². The topological polar surface area (TPSA) is 64.6 Å². The van der Waals surface area contributed by atoms with Gasteiger partial charge in [-0.15, -0.1) is 11.3 Å². The molecular formula is C24H19ClFNO4S2. The first-order valence-electron chi connectivity index (χ1n) is 10.2. The molecule has 0 saturated carbocycles. The van der Waals surface area contributed by atoms with Crippen molar-refractivity contribution in [3.63, 3.8) is 0 Å². The maximum Gasteiger partial charge on any atom is 0.241 e. The van der Waals surface area contributed by atoms with Gasteiger partial charge in [0, 0.05) is 20.7 Å². The van der Waals surface area contributed by atoms with Gasteiger partial charge in [-0.3, -0.25) is 0 Å². The van der Waals surface area contributed by atoms with Crippen molar-refractivity contribution in [3.05, 3.63) is 88.3 Å². The standard InChI is InChI=1S/C24H19ClFNO4S2/c25-19-7-3-2-6-18(19)24(23-11-15-5-1-4-8-22(15)32-23)27-33(28,29)17-9-10-20-21(12-17)31-14-16(26)13-30-20/h1-12,16,24,27H,13-14H2/t16-,24-/m1/s1. The molecule has 0 saturated heterocycles. The summed E-state index contributed by atoms with van der Waals surface area (Å²) in [5.74, 6) is 0.496. The summed E-state index contributed by atoms with van der Waals surface area (Å²) in [6, 6.07) is 20.5. The summed E-state index contributed by atoms with van der Waals surface area (Å²) in [6.45, 7) is -0.341. The fraction of sp³-hybridized carbons (Fsp3) is 0.167. The number of benzene rings is 3. The predicted molar refractivity (Wildman–Crippen MR) is 128 cm³/mol. The summed E-state index contributed by atoms with van der Waals surface area (Å²) in [6.07, 6.45) is -1.28. The molecule has 0 spiro atoms. The normalized spacial score (nSPS) is 17.0. The van der Waals surface area contributed by atoms with Crippen LogP contribution in [0.4, 0.5) is 4.39 Å². The molecule has 0 radical (unpaired) electrons. The van der Waals surface area contributed by atoms with Crippen LogP contribution in [0.15, 0.2) is 77.7 Å². The van der Waals surface area contributed by atoms with E-state index in [1.54, 1.807) is 18.2 Å². The van der Waals surface area contributed by atoms with Crippen molar-refractivity contribution < 1.29 is 22.3 Å². The Labute approximate surface area is 199 Å². The SMILES string of the molecule is O=S(=O)(N[C@@H](c1cc2ccccc2s1)c1ccccc1Cl)c1ccc2c(c1)OC[C@H](F)CO2. The highest BCUT2D eigenvalue weighted by Crippen LogP contribution is 2.38. The van der Waals surface area contributed by atoms with Gasteiger partial charge < -0.3 is 9.47 Å². The highest BCUT2D eigenvalue weighted by Gasteiger charge is 2.28. The largest absolute Gasteiger partial charge is 0.487 e. The van der Waals surface area contributed by atoms with Crippen molar-refractivity contribution in [3.8, 4) is 11.5 Å². The molecule has 4 aromatic rings. The molecule has 2 heterocycles. The molecule has 5 nitrogen and oxygen atoms in total. The Morgan fingerprint density at radius 1 is 0.970 bits per heavy atom. The van der Waals surface area contributed by atoms with Crippen LogP contribution < -0.4 is 14.2 Å². The summed E-state index contributed by atoms with van der Waals surface area (Å²) in [5, 5.41) is 1.47. The molecule has 33 heavy (non-hydrogen) atoms. The molecular weight excluding hydrogens is 485 g/mol. The Morgan fingerprint density at radius 2 is 1.70 bits per heavy atom. The molecule has 1 aliphatic rings. The molecule has 1 aromatic heterocycles. The van der Waals surface area contributed by atoms with Crippen LogP contribution in [0.1, 0.15) is 16.5 Å². The average molecular weight is 504 g/mol. The molecule has 170 valence electrons. The number of thiophene rings is 1. The van der Waals surface area contributed by atoms with E-state index in [1.807, 2.05) is 36.4 Å². The van der Waals surface area contributed by atoms with Gasteiger partial charge in [-0.1, -0.05) is 48.0 Å². The molecule has 0 bridgehead atoms. The minimum Gasteiger partial charge on any atom is -0.487 e. The number of ether oxygens (including phenoxy) is 2. The van der Waals surface area contributed by atoms with Crippen LogP contribution >= 0.6 is 22.9 Å². The fourth-order valence-electron chi connectivity index (χ4n) is 3.65. The summed E-state index contributed by atoms with van der Waals surface area (Å²) >= 11 is 7.97. The zero-order valence-corrected chi connectivity index (χ0v) is 19.6. The van der Waals surface area contributed by atoms with E-state index in [-0.39, 0.29) is 23.9 Å². The number of halogens is 2. The Balaban J connectivity index is 1.55. The zero-order chi connectivity index (χ0) is 23.0. The third-order valence-electron chi connectivity index (χ3n) is 5.28. The van der Waals surface area contributed by atoms with Gasteiger partial charge in [0.15, 0.2) is 17.7 Å². The lowest BCUT2D eigenvalue weighted by Crippen LogP contribution is -2.29. The average Bonchev–Trinajstić information content (AvgIpc) is 3.15. The molecule has 0 fully saturated rings. The smallest absolute Gasteiger partial charge is 0.241 e. The van der Waals surface area contributed by atoms with Crippen LogP contribution in [-0.2, 0) is 10.0 Å². The van der Waals surface area contributed by atoms with Crippen molar-refractivity contribution >= 4 is 43.0 Å². The second-order valence-electron chi connectivity index (χ2n) is 7.59. The predicted octanol–water partition coefficient (Wildman–Crippen LogP) is 5.73. The van der Waals surface area contributed by atoms with Crippen molar-refractivity contribution in [2.24, 2.45) is 0 Å². The molecule has 1 aliphatic heterocycles. The quantitative estimate of drug-likeness (QED) is 0.377.